The van der Waals surface area contributed by atoms with E-state index in [0.717, 1.165) is 41.6 Å². The third kappa shape index (κ3) is 3.78. The van der Waals surface area contributed by atoms with E-state index < -0.39 is 0 Å². The summed E-state index contributed by atoms with van der Waals surface area (Å²) in [4.78, 5) is 0. The summed E-state index contributed by atoms with van der Waals surface area (Å²) in [5.74, 6) is 2.27. The maximum atomic E-state index is 6.00. The van der Waals surface area contributed by atoms with Crippen LogP contribution in [0.1, 0.15) is 5.56 Å². The summed E-state index contributed by atoms with van der Waals surface area (Å²) in [6.07, 6.45) is 0. The second-order valence-corrected chi connectivity index (χ2v) is 7.09. The second-order valence-electron chi connectivity index (χ2n) is 3.90. The lowest BCUT2D eigenvalue weighted by atomic mass is 10.2. The van der Waals surface area contributed by atoms with Crippen molar-refractivity contribution >= 4 is 63.7 Å². The standard InChI is InChI=1S/C14H10Br4O2/c1-19-13-5-11(18)14(6-10(13)17)20-12-4-9(16)3-2-8(12)7-15/h2-6H,7H2,1H3. The van der Waals surface area contributed by atoms with Crippen LogP contribution in [0, 0.1) is 0 Å². The van der Waals surface area contributed by atoms with Crippen LogP contribution in [0.5, 0.6) is 17.2 Å². The minimum absolute atomic E-state index is 0.720. The lowest BCUT2D eigenvalue weighted by Gasteiger charge is -2.13. The minimum atomic E-state index is 0.720. The number of hydrogen-bond donors (Lipinski definition) is 0. The summed E-state index contributed by atoms with van der Waals surface area (Å²) in [6.45, 7) is 0. The molecular weight excluding hydrogens is 520 g/mol. The number of benzene rings is 2. The lowest BCUT2D eigenvalue weighted by Crippen LogP contribution is -1.92. The molecule has 106 valence electrons. The summed E-state index contributed by atoms with van der Waals surface area (Å²) in [7, 11) is 1.63. The molecule has 0 spiro atoms. The smallest absolute Gasteiger partial charge is 0.143 e. The van der Waals surface area contributed by atoms with Crippen LogP contribution in [0.15, 0.2) is 43.7 Å². The van der Waals surface area contributed by atoms with Gasteiger partial charge in [-0.25, -0.2) is 0 Å². The fourth-order valence-corrected chi connectivity index (χ4v) is 3.29. The van der Waals surface area contributed by atoms with Crippen LogP contribution in [0.25, 0.3) is 0 Å². The van der Waals surface area contributed by atoms with Crippen molar-refractivity contribution in [3.8, 4) is 17.2 Å². The highest BCUT2D eigenvalue weighted by atomic mass is 79.9. The van der Waals surface area contributed by atoms with E-state index in [2.05, 4.69) is 63.7 Å². The average molecular weight is 530 g/mol. The molecule has 6 heteroatoms. The number of hydrogen-bond acceptors (Lipinski definition) is 2. The molecule has 20 heavy (non-hydrogen) atoms. The van der Waals surface area contributed by atoms with Crippen molar-refractivity contribution in [2.24, 2.45) is 0 Å². The van der Waals surface area contributed by atoms with Crippen molar-refractivity contribution in [3.63, 3.8) is 0 Å². The molecule has 0 radical (unpaired) electrons. The summed E-state index contributed by atoms with van der Waals surface area (Å²) in [5, 5.41) is 0.727. The quantitative estimate of drug-likeness (QED) is 0.412. The third-order valence-corrected chi connectivity index (χ3v) is 4.94. The van der Waals surface area contributed by atoms with Crippen molar-refractivity contribution in [2.45, 2.75) is 5.33 Å². The first-order valence-corrected chi connectivity index (χ1v) is 9.10. The van der Waals surface area contributed by atoms with Crippen molar-refractivity contribution in [1.29, 1.82) is 0 Å². The molecule has 0 saturated heterocycles. The molecule has 0 aliphatic heterocycles. The highest BCUT2D eigenvalue weighted by Gasteiger charge is 2.11. The highest BCUT2D eigenvalue weighted by Crippen LogP contribution is 2.39. The molecule has 0 aliphatic rings. The summed E-state index contributed by atoms with van der Waals surface area (Å²) in [6, 6.07) is 9.69. The Morgan fingerprint density at radius 1 is 0.900 bits per heavy atom. The van der Waals surface area contributed by atoms with E-state index in [9.17, 15) is 0 Å². The minimum Gasteiger partial charge on any atom is -0.496 e. The monoisotopic (exact) mass is 526 g/mol. The van der Waals surface area contributed by atoms with E-state index in [0.29, 0.717) is 0 Å². The number of alkyl halides is 1. The van der Waals surface area contributed by atoms with Gasteiger partial charge in [0.15, 0.2) is 0 Å². The first kappa shape index (κ1) is 16.3. The predicted octanol–water partition coefficient (Wildman–Crippen LogP) is 6.67. The predicted molar refractivity (Wildman–Crippen MR) is 95.2 cm³/mol. The van der Waals surface area contributed by atoms with Gasteiger partial charge in [-0.2, -0.15) is 0 Å². The lowest BCUT2D eigenvalue weighted by molar-refractivity contribution is 0.409. The molecule has 0 aromatic heterocycles. The van der Waals surface area contributed by atoms with Crippen LogP contribution in [0.4, 0.5) is 0 Å². The number of ether oxygens (including phenoxy) is 2. The van der Waals surface area contributed by atoms with E-state index in [1.54, 1.807) is 7.11 Å². The number of methoxy groups -OCH3 is 1. The van der Waals surface area contributed by atoms with Gasteiger partial charge >= 0.3 is 0 Å². The maximum Gasteiger partial charge on any atom is 0.143 e. The fourth-order valence-electron chi connectivity index (χ4n) is 1.60. The largest absolute Gasteiger partial charge is 0.496 e. The molecule has 2 rings (SSSR count). The molecule has 0 atom stereocenters. The van der Waals surface area contributed by atoms with Crippen LogP contribution in [-0.2, 0) is 5.33 Å². The zero-order valence-corrected chi connectivity index (χ0v) is 16.8. The van der Waals surface area contributed by atoms with Crippen LogP contribution < -0.4 is 9.47 Å². The van der Waals surface area contributed by atoms with Gasteiger partial charge in [0.25, 0.3) is 0 Å². The Bertz CT molecular complexity index is 629. The first-order chi connectivity index (χ1) is 9.55. The molecule has 2 aromatic carbocycles. The van der Waals surface area contributed by atoms with E-state index in [1.165, 1.54) is 0 Å². The summed E-state index contributed by atoms with van der Waals surface area (Å²) in [5.41, 5.74) is 1.08. The zero-order valence-electron chi connectivity index (χ0n) is 10.4. The maximum absolute atomic E-state index is 6.00. The van der Waals surface area contributed by atoms with Crippen LogP contribution >= 0.6 is 63.7 Å². The summed E-state index contributed by atoms with van der Waals surface area (Å²) < 4.78 is 13.9. The Kier molecular flexibility index (Phi) is 5.95. The molecule has 0 bridgehead atoms. The van der Waals surface area contributed by atoms with Gasteiger partial charge < -0.3 is 9.47 Å². The summed E-state index contributed by atoms with van der Waals surface area (Å²) >= 11 is 13.9. The van der Waals surface area contributed by atoms with Crippen molar-refractivity contribution in [2.75, 3.05) is 7.11 Å². The average Bonchev–Trinajstić information content (AvgIpc) is 2.42. The number of halogens is 4. The normalized spacial score (nSPS) is 10.4. The molecule has 0 unspecified atom stereocenters. The topological polar surface area (TPSA) is 18.5 Å². The molecule has 0 heterocycles. The van der Waals surface area contributed by atoms with E-state index >= 15 is 0 Å². The van der Waals surface area contributed by atoms with Crippen LogP contribution in [0.2, 0.25) is 0 Å². The van der Waals surface area contributed by atoms with E-state index in [1.807, 2.05) is 30.3 Å². The molecule has 0 N–H and O–H groups in total. The highest BCUT2D eigenvalue weighted by molar-refractivity contribution is 9.11. The van der Waals surface area contributed by atoms with Gasteiger partial charge in [-0.1, -0.05) is 37.9 Å². The fraction of sp³-hybridized carbons (Fsp3) is 0.143. The zero-order chi connectivity index (χ0) is 14.7. The molecular formula is C14H10Br4O2. The Balaban J connectivity index is 2.39. The van der Waals surface area contributed by atoms with Gasteiger partial charge in [0.2, 0.25) is 0 Å². The Hall–Kier alpha value is -0.0400. The van der Waals surface area contributed by atoms with Gasteiger partial charge in [0.05, 0.1) is 16.1 Å². The molecule has 0 aliphatic carbocycles. The molecule has 2 nitrogen and oxygen atoms in total. The molecule has 0 saturated carbocycles. The second kappa shape index (κ2) is 7.29. The Morgan fingerprint density at radius 2 is 1.55 bits per heavy atom. The van der Waals surface area contributed by atoms with Gasteiger partial charge in [-0.15, -0.1) is 0 Å². The van der Waals surface area contributed by atoms with Gasteiger partial charge in [0, 0.05) is 15.4 Å². The van der Waals surface area contributed by atoms with E-state index in [-0.39, 0.29) is 0 Å². The van der Waals surface area contributed by atoms with Crippen molar-refractivity contribution < 1.29 is 9.47 Å². The van der Waals surface area contributed by atoms with Crippen LogP contribution in [-0.4, -0.2) is 7.11 Å². The molecule has 2 aromatic rings. The number of rotatable bonds is 4. The van der Waals surface area contributed by atoms with Crippen molar-refractivity contribution in [1.82, 2.24) is 0 Å². The van der Waals surface area contributed by atoms with Crippen LogP contribution in [0.3, 0.4) is 0 Å². The van der Waals surface area contributed by atoms with Gasteiger partial charge in [-0.05, 0) is 56.1 Å². The Morgan fingerprint density at radius 3 is 2.20 bits per heavy atom. The SMILES string of the molecule is COc1cc(Br)c(Oc2cc(Br)ccc2CBr)cc1Br. The van der Waals surface area contributed by atoms with Crippen molar-refractivity contribution in [3.05, 3.63) is 49.3 Å². The molecule has 0 amide bonds. The van der Waals surface area contributed by atoms with Gasteiger partial charge in [0.1, 0.15) is 17.2 Å². The molecule has 0 fully saturated rings. The van der Waals surface area contributed by atoms with E-state index in [4.69, 9.17) is 9.47 Å². The third-order valence-electron chi connectivity index (χ3n) is 2.60. The first-order valence-electron chi connectivity index (χ1n) is 5.60. The Labute approximate surface area is 151 Å². The van der Waals surface area contributed by atoms with Gasteiger partial charge in [-0.3, -0.25) is 0 Å².